The Morgan fingerprint density at radius 3 is 2.23 bits per heavy atom. The summed E-state index contributed by atoms with van der Waals surface area (Å²) in [4.78, 5) is 15.1. The summed E-state index contributed by atoms with van der Waals surface area (Å²) in [5, 5.41) is 4.76. The van der Waals surface area contributed by atoms with Gasteiger partial charge in [-0.3, -0.25) is 4.79 Å². The number of hydrogen-bond donors (Lipinski definition) is 0. The molecule has 0 aliphatic carbocycles. The largest absolute Gasteiger partial charge is 0.497 e. The summed E-state index contributed by atoms with van der Waals surface area (Å²) in [5.74, 6) is 1.93. The lowest BCUT2D eigenvalue weighted by Crippen LogP contribution is -2.41. The summed E-state index contributed by atoms with van der Waals surface area (Å²) < 4.78 is 23.2. The molecular weight excluding hydrogens is 398 g/mol. The lowest BCUT2D eigenvalue weighted by atomic mass is 10.1. The number of carbonyl (C=O) groups is 1. The Labute approximate surface area is 180 Å². The highest BCUT2D eigenvalue weighted by atomic mass is 16.5. The molecule has 1 aliphatic heterocycles. The first-order valence-electron chi connectivity index (χ1n) is 9.98. The summed E-state index contributed by atoms with van der Waals surface area (Å²) >= 11 is 0. The second-order valence-electron chi connectivity index (χ2n) is 7.00. The molecule has 8 heteroatoms. The quantitative estimate of drug-likeness (QED) is 0.607. The number of rotatable bonds is 6. The first-order chi connectivity index (χ1) is 15.1. The predicted octanol–water partition coefficient (Wildman–Crippen LogP) is 3.04. The van der Waals surface area contributed by atoms with Gasteiger partial charge in [0.1, 0.15) is 22.9 Å². The third-order valence-corrected chi connectivity index (χ3v) is 5.23. The fraction of sp³-hybridized carbons (Fsp3) is 0.304. The molecule has 0 N–H and O–H groups in total. The van der Waals surface area contributed by atoms with Gasteiger partial charge >= 0.3 is 0 Å². The summed E-state index contributed by atoms with van der Waals surface area (Å²) in [6.07, 6.45) is 0. The number of morpholine rings is 1. The van der Waals surface area contributed by atoms with Crippen LogP contribution in [-0.4, -0.2) is 68.2 Å². The van der Waals surface area contributed by atoms with E-state index >= 15 is 0 Å². The molecule has 162 valence electrons. The van der Waals surface area contributed by atoms with Crippen molar-refractivity contribution in [2.24, 2.45) is 0 Å². The molecule has 1 fully saturated rings. The van der Waals surface area contributed by atoms with Crippen LogP contribution in [0.2, 0.25) is 0 Å². The molecule has 4 rings (SSSR count). The van der Waals surface area contributed by atoms with E-state index in [1.807, 2.05) is 36.4 Å². The van der Waals surface area contributed by atoms with Crippen LogP contribution in [0.3, 0.4) is 0 Å². The molecule has 1 aliphatic rings. The van der Waals surface area contributed by atoms with Crippen LogP contribution in [0.25, 0.3) is 16.9 Å². The number of methoxy groups -OCH3 is 3. The molecule has 0 radical (unpaired) electrons. The van der Waals surface area contributed by atoms with Crippen LogP contribution in [0.15, 0.2) is 48.5 Å². The number of hydrogen-bond acceptors (Lipinski definition) is 6. The SMILES string of the molecule is COc1ccc(-n2nc(-c3ccc(OC)cc3OC)cc2C(=O)N2CCOCC2)cc1. The Balaban J connectivity index is 1.80. The van der Waals surface area contributed by atoms with Crippen LogP contribution in [0.4, 0.5) is 0 Å². The van der Waals surface area contributed by atoms with Gasteiger partial charge < -0.3 is 23.8 Å². The average Bonchev–Trinajstić information content (AvgIpc) is 3.29. The Kier molecular flexibility index (Phi) is 6.08. The first-order valence-corrected chi connectivity index (χ1v) is 9.98. The zero-order valence-corrected chi connectivity index (χ0v) is 17.8. The zero-order chi connectivity index (χ0) is 21.8. The third kappa shape index (κ3) is 4.20. The van der Waals surface area contributed by atoms with Crippen LogP contribution in [-0.2, 0) is 4.74 Å². The Hall–Kier alpha value is -3.52. The molecule has 1 amide bonds. The molecule has 2 heterocycles. The molecule has 1 saturated heterocycles. The molecule has 31 heavy (non-hydrogen) atoms. The molecule has 2 aromatic carbocycles. The van der Waals surface area contributed by atoms with E-state index in [1.54, 1.807) is 43.0 Å². The van der Waals surface area contributed by atoms with Crippen molar-refractivity contribution >= 4 is 5.91 Å². The van der Waals surface area contributed by atoms with Crippen molar-refractivity contribution in [3.63, 3.8) is 0 Å². The van der Waals surface area contributed by atoms with Crippen LogP contribution >= 0.6 is 0 Å². The van der Waals surface area contributed by atoms with E-state index in [0.717, 1.165) is 17.0 Å². The van der Waals surface area contributed by atoms with Crippen molar-refractivity contribution < 1.29 is 23.7 Å². The van der Waals surface area contributed by atoms with E-state index in [4.69, 9.17) is 24.0 Å². The zero-order valence-electron chi connectivity index (χ0n) is 17.8. The Bertz CT molecular complexity index is 1060. The van der Waals surface area contributed by atoms with E-state index in [-0.39, 0.29) is 5.91 Å². The first kappa shape index (κ1) is 20.7. The molecule has 0 atom stereocenters. The maximum Gasteiger partial charge on any atom is 0.272 e. The lowest BCUT2D eigenvalue weighted by molar-refractivity contribution is 0.0297. The number of nitrogens with zero attached hydrogens (tertiary/aromatic N) is 3. The second-order valence-corrected chi connectivity index (χ2v) is 7.00. The Morgan fingerprint density at radius 2 is 1.58 bits per heavy atom. The summed E-state index contributed by atoms with van der Waals surface area (Å²) in [6, 6.07) is 14.7. The fourth-order valence-corrected chi connectivity index (χ4v) is 3.52. The smallest absolute Gasteiger partial charge is 0.272 e. The maximum absolute atomic E-state index is 13.4. The molecular formula is C23H25N3O5. The van der Waals surface area contributed by atoms with Crippen molar-refractivity contribution in [2.45, 2.75) is 0 Å². The second kappa shape index (κ2) is 9.09. The monoisotopic (exact) mass is 423 g/mol. The molecule has 0 unspecified atom stereocenters. The highest BCUT2D eigenvalue weighted by Gasteiger charge is 2.25. The summed E-state index contributed by atoms with van der Waals surface area (Å²) in [7, 11) is 4.81. The van der Waals surface area contributed by atoms with Gasteiger partial charge in [0.15, 0.2) is 0 Å². The van der Waals surface area contributed by atoms with Crippen LogP contribution in [0.1, 0.15) is 10.5 Å². The standard InChI is InChI=1S/C23H25N3O5/c1-28-17-6-4-16(5-7-17)26-21(23(27)25-10-12-31-13-11-25)15-20(24-26)19-9-8-18(29-2)14-22(19)30-3/h4-9,14-15H,10-13H2,1-3H3. The van der Waals surface area contributed by atoms with E-state index in [1.165, 1.54) is 0 Å². The van der Waals surface area contributed by atoms with Gasteiger partial charge in [0.25, 0.3) is 5.91 Å². The molecule has 0 spiro atoms. The number of aromatic nitrogens is 2. The van der Waals surface area contributed by atoms with Gasteiger partial charge in [0, 0.05) is 24.7 Å². The van der Waals surface area contributed by atoms with E-state index in [9.17, 15) is 4.79 Å². The Morgan fingerprint density at radius 1 is 0.903 bits per heavy atom. The van der Waals surface area contributed by atoms with Crippen molar-refractivity contribution in [1.29, 1.82) is 0 Å². The summed E-state index contributed by atoms with van der Waals surface area (Å²) in [5.41, 5.74) is 2.63. The van der Waals surface area contributed by atoms with E-state index in [0.29, 0.717) is 49.2 Å². The molecule has 8 nitrogen and oxygen atoms in total. The topological polar surface area (TPSA) is 75.1 Å². The number of amides is 1. The molecule has 0 saturated carbocycles. The number of ether oxygens (including phenoxy) is 4. The summed E-state index contributed by atoms with van der Waals surface area (Å²) in [6.45, 7) is 2.16. The highest BCUT2D eigenvalue weighted by molar-refractivity contribution is 5.94. The number of carbonyl (C=O) groups excluding carboxylic acids is 1. The van der Waals surface area contributed by atoms with Crippen LogP contribution < -0.4 is 14.2 Å². The molecule has 0 bridgehead atoms. The van der Waals surface area contributed by atoms with E-state index < -0.39 is 0 Å². The van der Waals surface area contributed by atoms with Crippen LogP contribution in [0.5, 0.6) is 17.2 Å². The van der Waals surface area contributed by atoms with Gasteiger partial charge in [-0.2, -0.15) is 5.10 Å². The van der Waals surface area contributed by atoms with Crippen molar-refractivity contribution in [3.05, 3.63) is 54.2 Å². The minimum atomic E-state index is -0.0923. The lowest BCUT2D eigenvalue weighted by Gasteiger charge is -2.26. The average molecular weight is 423 g/mol. The predicted molar refractivity (Wildman–Crippen MR) is 115 cm³/mol. The van der Waals surface area contributed by atoms with Crippen LogP contribution in [0, 0.1) is 0 Å². The third-order valence-electron chi connectivity index (χ3n) is 5.23. The maximum atomic E-state index is 13.4. The van der Waals surface area contributed by atoms with Gasteiger partial charge in [0.05, 0.1) is 45.9 Å². The van der Waals surface area contributed by atoms with Crippen molar-refractivity contribution in [1.82, 2.24) is 14.7 Å². The fourth-order valence-electron chi connectivity index (χ4n) is 3.52. The van der Waals surface area contributed by atoms with Gasteiger partial charge in [-0.05, 0) is 42.5 Å². The van der Waals surface area contributed by atoms with E-state index in [2.05, 4.69) is 0 Å². The molecule has 3 aromatic rings. The normalized spacial score (nSPS) is 13.7. The van der Waals surface area contributed by atoms with Gasteiger partial charge in [-0.25, -0.2) is 4.68 Å². The highest BCUT2D eigenvalue weighted by Crippen LogP contribution is 2.34. The van der Waals surface area contributed by atoms with Crippen molar-refractivity contribution in [2.75, 3.05) is 47.6 Å². The van der Waals surface area contributed by atoms with Gasteiger partial charge in [-0.1, -0.05) is 0 Å². The minimum absolute atomic E-state index is 0.0923. The number of benzene rings is 2. The molecule has 1 aromatic heterocycles. The minimum Gasteiger partial charge on any atom is -0.497 e. The van der Waals surface area contributed by atoms with Gasteiger partial charge in [-0.15, -0.1) is 0 Å². The van der Waals surface area contributed by atoms with Crippen molar-refractivity contribution in [3.8, 4) is 34.2 Å². The van der Waals surface area contributed by atoms with Gasteiger partial charge in [0.2, 0.25) is 0 Å².